The highest BCUT2D eigenvalue weighted by Gasteiger charge is 2.15. The Morgan fingerprint density at radius 3 is 2.61 bits per heavy atom. The molecule has 0 aliphatic carbocycles. The average molecular weight is 260 g/mol. The zero-order chi connectivity index (χ0) is 13.3. The maximum atomic E-state index is 6.03. The van der Waals surface area contributed by atoms with Gasteiger partial charge >= 0.3 is 0 Å². The fourth-order valence-corrected chi connectivity index (χ4v) is 3.04. The molecule has 2 aromatic rings. The van der Waals surface area contributed by atoms with Crippen LogP contribution in [-0.2, 0) is 6.42 Å². The topological polar surface area (TPSA) is 38.9 Å². The summed E-state index contributed by atoms with van der Waals surface area (Å²) in [7, 11) is 0. The molecule has 1 aromatic carbocycles. The molecule has 3 heteroatoms. The summed E-state index contributed by atoms with van der Waals surface area (Å²) in [6.07, 6.45) is 0.822. The molecule has 0 amide bonds. The molecule has 18 heavy (non-hydrogen) atoms. The number of nitrogens with zero attached hydrogens (tertiary/aromatic N) is 1. The van der Waals surface area contributed by atoms with Gasteiger partial charge in [-0.1, -0.05) is 23.8 Å². The lowest BCUT2D eigenvalue weighted by atomic mass is 10.0. The zero-order valence-electron chi connectivity index (χ0n) is 11.4. The molecule has 1 heterocycles. The van der Waals surface area contributed by atoms with E-state index in [1.54, 1.807) is 11.3 Å². The van der Waals surface area contributed by atoms with Crippen molar-refractivity contribution in [3.05, 3.63) is 39.7 Å². The first-order chi connectivity index (χ1) is 8.35. The van der Waals surface area contributed by atoms with Crippen molar-refractivity contribution >= 4 is 11.3 Å². The lowest BCUT2D eigenvalue weighted by Crippen LogP contribution is -2.34. The van der Waals surface area contributed by atoms with Gasteiger partial charge in [-0.2, -0.15) is 0 Å². The van der Waals surface area contributed by atoms with Crippen molar-refractivity contribution < 1.29 is 0 Å². The van der Waals surface area contributed by atoms with Crippen molar-refractivity contribution in [1.29, 1.82) is 0 Å². The lowest BCUT2D eigenvalue weighted by Gasteiger charge is -2.15. The second-order valence-corrected chi connectivity index (χ2v) is 6.55. The molecule has 2 N–H and O–H groups in total. The second-order valence-electron chi connectivity index (χ2n) is 5.61. The van der Waals surface area contributed by atoms with Crippen LogP contribution in [0.4, 0.5) is 0 Å². The van der Waals surface area contributed by atoms with Gasteiger partial charge in [0.2, 0.25) is 0 Å². The van der Waals surface area contributed by atoms with Gasteiger partial charge in [0.1, 0.15) is 0 Å². The van der Waals surface area contributed by atoms with Crippen LogP contribution >= 0.6 is 11.3 Å². The lowest BCUT2D eigenvalue weighted by molar-refractivity contribution is 0.515. The fraction of sp³-hybridized carbons (Fsp3) is 0.400. The van der Waals surface area contributed by atoms with Gasteiger partial charge in [0.15, 0.2) is 0 Å². The number of aromatic nitrogens is 1. The third-order valence-corrected chi connectivity index (χ3v) is 3.67. The van der Waals surface area contributed by atoms with Crippen molar-refractivity contribution in [3.63, 3.8) is 0 Å². The number of aryl methyl sites for hydroxylation is 2. The monoisotopic (exact) mass is 260 g/mol. The molecule has 0 bridgehead atoms. The largest absolute Gasteiger partial charge is 0.325 e. The number of thiazole rings is 1. The number of benzene rings is 1. The summed E-state index contributed by atoms with van der Waals surface area (Å²) in [5.74, 6) is 0. The van der Waals surface area contributed by atoms with Crippen molar-refractivity contribution in [2.24, 2.45) is 5.73 Å². The number of rotatable bonds is 3. The van der Waals surface area contributed by atoms with Gasteiger partial charge in [0.05, 0.1) is 10.7 Å². The third-order valence-electron chi connectivity index (χ3n) is 2.82. The van der Waals surface area contributed by atoms with Crippen LogP contribution < -0.4 is 5.73 Å². The van der Waals surface area contributed by atoms with Crippen LogP contribution in [0.5, 0.6) is 0 Å². The highest BCUT2D eigenvalue weighted by atomic mass is 32.1. The highest BCUT2D eigenvalue weighted by Crippen LogP contribution is 2.27. The normalized spacial score (nSPS) is 11.8. The number of nitrogens with two attached hydrogens (primary N) is 1. The maximum Gasteiger partial charge on any atom is 0.0950 e. The molecule has 0 saturated heterocycles. The van der Waals surface area contributed by atoms with E-state index in [1.807, 2.05) is 13.8 Å². The molecule has 0 saturated carbocycles. The van der Waals surface area contributed by atoms with E-state index >= 15 is 0 Å². The molecular weight excluding hydrogens is 240 g/mol. The Morgan fingerprint density at radius 1 is 1.28 bits per heavy atom. The van der Waals surface area contributed by atoms with Gasteiger partial charge in [0.25, 0.3) is 0 Å². The summed E-state index contributed by atoms with van der Waals surface area (Å²) in [5, 5.41) is 3.23. The van der Waals surface area contributed by atoms with Crippen LogP contribution in [0.3, 0.4) is 0 Å². The van der Waals surface area contributed by atoms with E-state index < -0.39 is 0 Å². The van der Waals surface area contributed by atoms with Crippen LogP contribution in [0, 0.1) is 13.8 Å². The number of hydrogen-bond acceptors (Lipinski definition) is 3. The first kappa shape index (κ1) is 13.2. The Bertz CT molecular complexity index is 550. The first-order valence-corrected chi connectivity index (χ1v) is 7.04. The molecular formula is C15H20N2S. The van der Waals surface area contributed by atoms with Crippen molar-refractivity contribution in [3.8, 4) is 11.3 Å². The molecule has 0 aliphatic rings. The summed E-state index contributed by atoms with van der Waals surface area (Å²) >= 11 is 1.69. The van der Waals surface area contributed by atoms with Crippen molar-refractivity contribution in [2.75, 3.05) is 0 Å². The van der Waals surface area contributed by atoms with Gasteiger partial charge in [-0.05, 0) is 33.3 Å². The summed E-state index contributed by atoms with van der Waals surface area (Å²) in [6.45, 7) is 8.31. The van der Waals surface area contributed by atoms with E-state index in [1.165, 1.54) is 16.7 Å². The smallest absolute Gasteiger partial charge is 0.0950 e. The van der Waals surface area contributed by atoms with E-state index in [9.17, 15) is 0 Å². The summed E-state index contributed by atoms with van der Waals surface area (Å²) < 4.78 is 0. The van der Waals surface area contributed by atoms with Crippen LogP contribution in [-0.4, -0.2) is 10.5 Å². The number of hydrogen-bond donors (Lipinski definition) is 1. The SMILES string of the molecule is Cc1ccc(-c2csc(CC(C)(C)N)n2)c(C)c1. The molecule has 2 nitrogen and oxygen atoms in total. The minimum atomic E-state index is -0.197. The highest BCUT2D eigenvalue weighted by molar-refractivity contribution is 7.10. The van der Waals surface area contributed by atoms with Gasteiger partial charge in [0, 0.05) is 22.9 Å². The molecule has 1 aromatic heterocycles. The maximum absolute atomic E-state index is 6.03. The molecule has 96 valence electrons. The van der Waals surface area contributed by atoms with Gasteiger partial charge in [-0.25, -0.2) is 4.98 Å². The van der Waals surface area contributed by atoms with Crippen LogP contribution in [0.1, 0.15) is 30.0 Å². The molecule has 0 unspecified atom stereocenters. The van der Waals surface area contributed by atoms with Gasteiger partial charge < -0.3 is 5.73 Å². The molecule has 0 fully saturated rings. The Hall–Kier alpha value is -1.19. The Balaban J connectivity index is 2.29. The third kappa shape index (κ3) is 3.18. The molecule has 2 rings (SSSR count). The summed E-state index contributed by atoms with van der Waals surface area (Å²) in [4.78, 5) is 4.69. The van der Waals surface area contributed by atoms with Crippen LogP contribution in [0.2, 0.25) is 0 Å². The molecule has 0 radical (unpaired) electrons. The van der Waals surface area contributed by atoms with Crippen molar-refractivity contribution in [2.45, 2.75) is 39.7 Å². The summed E-state index contributed by atoms with van der Waals surface area (Å²) in [6, 6.07) is 6.48. The fourth-order valence-electron chi connectivity index (χ4n) is 2.01. The van der Waals surface area contributed by atoms with Crippen LogP contribution in [0.15, 0.2) is 23.6 Å². The average Bonchev–Trinajstić information content (AvgIpc) is 2.63. The standard InChI is InChI=1S/C15H20N2S/c1-10-5-6-12(11(2)7-10)13-9-18-14(17-13)8-15(3,4)16/h5-7,9H,8,16H2,1-4H3. The zero-order valence-corrected chi connectivity index (χ0v) is 12.3. The van der Waals surface area contributed by atoms with Gasteiger partial charge in [-0.3, -0.25) is 0 Å². The van der Waals surface area contributed by atoms with Crippen LogP contribution in [0.25, 0.3) is 11.3 Å². The van der Waals surface area contributed by atoms with Gasteiger partial charge in [-0.15, -0.1) is 11.3 Å². The molecule has 0 aliphatic heterocycles. The molecule has 0 atom stereocenters. The Labute approximate surface area is 113 Å². The Morgan fingerprint density at radius 2 is 2.00 bits per heavy atom. The predicted octanol–water partition coefficient (Wildman–Crippen LogP) is 3.71. The van der Waals surface area contributed by atoms with E-state index in [2.05, 4.69) is 37.4 Å². The predicted molar refractivity (Wildman–Crippen MR) is 79.0 cm³/mol. The van der Waals surface area contributed by atoms with Crippen molar-refractivity contribution in [1.82, 2.24) is 4.98 Å². The second kappa shape index (κ2) is 4.82. The van der Waals surface area contributed by atoms with E-state index in [-0.39, 0.29) is 5.54 Å². The van der Waals surface area contributed by atoms with E-state index in [0.717, 1.165) is 17.1 Å². The minimum Gasteiger partial charge on any atom is -0.325 e. The first-order valence-electron chi connectivity index (χ1n) is 6.16. The van der Waals surface area contributed by atoms with E-state index in [0.29, 0.717) is 0 Å². The minimum absolute atomic E-state index is 0.197. The Kier molecular flexibility index (Phi) is 3.55. The summed E-state index contributed by atoms with van der Waals surface area (Å²) in [5.41, 5.74) is 10.7. The van der Waals surface area contributed by atoms with E-state index in [4.69, 9.17) is 10.7 Å². The quantitative estimate of drug-likeness (QED) is 0.913. The molecule has 0 spiro atoms.